The molecule has 1 aromatic rings. The summed E-state index contributed by atoms with van der Waals surface area (Å²) < 4.78 is 56.9. The van der Waals surface area contributed by atoms with Crippen LogP contribution in [0.5, 0.6) is 0 Å². The summed E-state index contributed by atoms with van der Waals surface area (Å²) in [4.78, 5) is 0. The average Bonchev–Trinajstić information content (AvgIpc) is 2.38. The van der Waals surface area contributed by atoms with Crippen molar-refractivity contribution in [2.24, 2.45) is 5.84 Å². The van der Waals surface area contributed by atoms with Gasteiger partial charge in [-0.05, 0) is 31.0 Å². The van der Waals surface area contributed by atoms with Gasteiger partial charge in [0.1, 0.15) is 5.82 Å². The number of rotatable bonds is 7. The molecule has 0 amide bonds. The smallest absolute Gasteiger partial charge is 0.376 e. The van der Waals surface area contributed by atoms with Crippen LogP contribution in [0.15, 0.2) is 18.2 Å². The number of nitrogens with one attached hydrogen (secondary N) is 1. The molecular formula is C14H20F4N2O. The average molecular weight is 308 g/mol. The molecule has 0 spiro atoms. The monoisotopic (exact) mass is 308 g/mol. The van der Waals surface area contributed by atoms with Crippen LogP contribution in [0.4, 0.5) is 17.6 Å². The van der Waals surface area contributed by atoms with Gasteiger partial charge in [0.05, 0.1) is 17.7 Å². The zero-order valence-corrected chi connectivity index (χ0v) is 12.0. The van der Waals surface area contributed by atoms with Crippen molar-refractivity contribution in [1.82, 2.24) is 5.43 Å². The maximum Gasteiger partial charge on any atom is 0.419 e. The van der Waals surface area contributed by atoms with Crippen molar-refractivity contribution in [2.75, 3.05) is 6.61 Å². The number of hydrogen-bond acceptors (Lipinski definition) is 3. The minimum Gasteiger partial charge on any atom is -0.376 e. The highest BCUT2D eigenvalue weighted by Crippen LogP contribution is 2.33. The number of nitrogens with two attached hydrogens (primary N) is 1. The molecule has 0 heterocycles. The fourth-order valence-electron chi connectivity index (χ4n) is 2.22. The minimum atomic E-state index is -4.71. The molecule has 0 aliphatic rings. The van der Waals surface area contributed by atoms with Gasteiger partial charge in [-0.2, -0.15) is 13.2 Å². The van der Waals surface area contributed by atoms with Crippen LogP contribution in [-0.4, -0.2) is 12.7 Å². The second-order valence-electron chi connectivity index (χ2n) is 4.66. The first-order valence-electron chi connectivity index (χ1n) is 6.79. The molecule has 1 aromatic carbocycles. The molecule has 0 saturated heterocycles. The Bertz CT molecular complexity index is 445. The van der Waals surface area contributed by atoms with E-state index < -0.39 is 23.6 Å². The maximum absolute atomic E-state index is 13.6. The summed E-state index contributed by atoms with van der Waals surface area (Å²) in [5, 5.41) is 0. The van der Waals surface area contributed by atoms with Gasteiger partial charge in [0, 0.05) is 6.61 Å². The van der Waals surface area contributed by atoms with Crippen LogP contribution in [0.25, 0.3) is 0 Å². The fraction of sp³-hybridized carbons (Fsp3) is 0.571. The van der Waals surface area contributed by atoms with E-state index in [9.17, 15) is 17.6 Å². The van der Waals surface area contributed by atoms with Crippen molar-refractivity contribution < 1.29 is 22.3 Å². The number of hydrogen-bond donors (Lipinski definition) is 2. The Morgan fingerprint density at radius 1 is 1.29 bits per heavy atom. The molecule has 0 fully saturated rings. The van der Waals surface area contributed by atoms with Gasteiger partial charge in [0.15, 0.2) is 0 Å². The van der Waals surface area contributed by atoms with E-state index in [1.54, 1.807) is 0 Å². The summed E-state index contributed by atoms with van der Waals surface area (Å²) >= 11 is 0. The van der Waals surface area contributed by atoms with Crippen LogP contribution in [0.3, 0.4) is 0 Å². The first kappa shape index (κ1) is 17.9. The molecule has 1 rings (SSSR count). The molecule has 7 heteroatoms. The summed E-state index contributed by atoms with van der Waals surface area (Å²) in [5.41, 5.74) is 1.54. The van der Waals surface area contributed by atoms with Crippen molar-refractivity contribution in [1.29, 1.82) is 0 Å². The molecule has 0 aromatic heterocycles. The molecule has 0 bridgehead atoms. The highest BCUT2D eigenvalue weighted by molar-refractivity contribution is 5.29. The van der Waals surface area contributed by atoms with Crippen LogP contribution in [0.1, 0.15) is 43.9 Å². The lowest BCUT2D eigenvalue weighted by Crippen LogP contribution is -2.38. The predicted molar refractivity (Wildman–Crippen MR) is 71.8 cm³/mol. The SMILES string of the molecule is CCCC(OCC)C(NN)c1ccc(C(F)(F)F)c(F)c1. The van der Waals surface area contributed by atoms with Gasteiger partial charge >= 0.3 is 6.18 Å². The summed E-state index contributed by atoms with van der Waals surface area (Å²) in [6.45, 7) is 4.20. The number of benzene rings is 1. The number of alkyl halides is 3. The van der Waals surface area contributed by atoms with Crippen LogP contribution in [-0.2, 0) is 10.9 Å². The highest BCUT2D eigenvalue weighted by atomic mass is 19.4. The normalized spacial score (nSPS) is 15.0. The Labute approximate surface area is 121 Å². The van der Waals surface area contributed by atoms with Crippen LogP contribution in [0.2, 0.25) is 0 Å². The van der Waals surface area contributed by atoms with Gasteiger partial charge in [0.25, 0.3) is 0 Å². The van der Waals surface area contributed by atoms with Crippen LogP contribution >= 0.6 is 0 Å². The third-order valence-corrected chi connectivity index (χ3v) is 3.16. The molecular weight excluding hydrogens is 288 g/mol. The number of ether oxygens (including phenoxy) is 1. The maximum atomic E-state index is 13.6. The molecule has 0 aliphatic carbocycles. The lowest BCUT2D eigenvalue weighted by molar-refractivity contribution is -0.140. The first-order valence-corrected chi connectivity index (χ1v) is 6.79. The minimum absolute atomic E-state index is 0.329. The molecule has 0 aliphatic heterocycles. The Hall–Kier alpha value is -1.18. The van der Waals surface area contributed by atoms with E-state index in [4.69, 9.17) is 10.6 Å². The molecule has 2 unspecified atom stereocenters. The van der Waals surface area contributed by atoms with E-state index in [0.29, 0.717) is 18.6 Å². The molecule has 2 atom stereocenters. The summed E-state index contributed by atoms with van der Waals surface area (Å²) in [6.07, 6.45) is -3.57. The first-order chi connectivity index (χ1) is 9.85. The third-order valence-electron chi connectivity index (χ3n) is 3.16. The van der Waals surface area contributed by atoms with Gasteiger partial charge in [0.2, 0.25) is 0 Å². The van der Waals surface area contributed by atoms with E-state index >= 15 is 0 Å². The second-order valence-corrected chi connectivity index (χ2v) is 4.66. The second kappa shape index (κ2) is 7.72. The van der Waals surface area contributed by atoms with E-state index in [2.05, 4.69) is 5.43 Å². The third kappa shape index (κ3) is 4.66. The van der Waals surface area contributed by atoms with Crippen molar-refractivity contribution in [2.45, 2.75) is 45.0 Å². The van der Waals surface area contributed by atoms with E-state index in [1.165, 1.54) is 6.07 Å². The molecule has 3 nitrogen and oxygen atoms in total. The topological polar surface area (TPSA) is 47.3 Å². The van der Waals surface area contributed by atoms with E-state index in [1.807, 2.05) is 13.8 Å². The quantitative estimate of drug-likeness (QED) is 0.460. The zero-order chi connectivity index (χ0) is 16.0. The van der Waals surface area contributed by atoms with Gasteiger partial charge in [-0.25, -0.2) is 4.39 Å². The van der Waals surface area contributed by atoms with Crippen molar-refractivity contribution in [3.63, 3.8) is 0 Å². The van der Waals surface area contributed by atoms with E-state index in [-0.39, 0.29) is 6.10 Å². The lowest BCUT2D eigenvalue weighted by Gasteiger charge is -2.27. The Balaban J connectivity index is 3.08. The molecule has 120 valence electrons. The standard InChI is InChI=1S/C14H20F4N2O/c1-3-5-12(21-4-2)13(20-19)9-6-7-10(11(15)8-9)14(16,17)18/h6-8,12-13,20H,3-5,19H2,1-2H3. The summed E-state index contributed by atoms with van der Waals surface area (Å²) in [7, 11) is 0. The summed E-state index contributed by atoms with van der Waals surface area (Å²) in [6, 6.07) is 2.23. The number of hydrazine groups is 1. The van der Waals surface area contributed by atoms with Crippen molar-refractivity contribution >= 4 is 0 Å². The molecule has 0 radical (unpaired) electrons. The van der Waals surface area contributed by atoms with Crippen LogP contribution < -0.4 is 11.3 Å². The van der Waals surface area contributed by atoms with E-state index in [0.717, 1.165) is 18.6 Å². The van der Waals surface area contributed by atoms with Crippen molar-refractivity contribution in [3.8, 4) is 0 Å². The Morgan fingerprint density at radius 2 is 1.95 bits per heavy atom. The van der Waals surface area contributed by atoms with Gasteiger partial charge in [-0.1, -0.05) is 19.4 Å². The largest absolute Gasteiger partial charge is 0.419 e. The summed E-state index contributed by atoms with van der Waals surface area (Å²) in [5.74, 6) is 4.15. The Kier molecular flexibility index (Phi) is 6.57. The molecule has 3 N–H and O–H groups in total. The van der Waals surface area contributed by atoms with Gasteiger partial charge in [-0.3, -0.25) is 11.3 Å². The predicted octanol–water partition coefficient (Wildman–Crippen LogP) is 3.55. The molecule has 0 saturated carbocycles. The zero-order valence-electron chi connectivity index (χ0n) is 12.0. The Morgan fingerprint density at radius 3 is 2.38 bits per heavy atom. The van der Waals surface area contributed by atoms with Crippen LogP contribution in [0, 0.1) is 5.82 Å². The molecule has 21 heavy (non-hydrogen) atoms. The van der Waals surface area contributed by atoms with Crippen molar-refractivity contribution in [3.05, 3.63) is 35.1 Å². The van der Waals surface area contributed by atoms with Gasteiger partial charge in [-0.15, -0.1) is 0 Å². The lowest BCUT2D eigenvalue weighted by atomic mass is 9.97. The highest BCUT2D eigenvalue weighted by Gasteiger charge is 2.34. The number of halogens is 4. The fourth-order valence-corrected chi connectivity index (χ4v) is 2.22. The van der Waals surface area contributed by atoms with Gasteiger partial charge < -0.3 is 4.74 Å².